The first-order valence-electron chi connectivity index (χ1n) is 6.26. The average Bonchev–Trinajstić information content (AvgIpc) is 2.40. The summed E-state index contributed by atoms with van der Waals surface area (Å²) in [5, 5.41) is 10.8. The van der Waals surface area contributed by atoms with Crippen molar-refractivity contribution < 1.29 is 9.66 Å². The third-order valence-electron chi connectivity index (χ3n) is 2.83. The predicted molar refractivity (Wildman–Crippen MR) is 83.6 cm³/mol. The minimum Gasteiger partial charge on any atom is -0.438 e. The second-order valence-electron chi connectivity index (χ2n) is 4.78. The van der Waals surface area contributed by atoms with Crippen molar-refractivity contribution in [2.75, 3.05) is 5.73 Å². The Kier molecular flexibility index (Phi) is 4.42. The maximum absolute atomic E-state index is 10.8. The van der Waals surface area contributed by atoms with Gasteiger partial charge in [0.2, 0.25) is 5.88 Å². The van der Waals surface area contributed by atoms with Crippen LogP contribution in [0, 0.1) is 10.1 Å². The van der Waals surface area contributed by atoms with Gasteiger partial charge in [0.15, 0.2) is 0 Å². The van der Waals surface area contributed by atoms with Crippen LogP contribution < -0.4 is 10.5 Å². The van der Waals surface area contributed by atoms with Crippen LogP contribution in [0.15, 0.2) is 34.8 Å². The Balaban J connectivity index is 2.40. The summed E-state index contributed by atoms with van der Waals surface area (Å²) < 4.78 is 6.62. The molecule has 0 saturated heterocycles. The first-order chi connectivity index (χ1) is 9.86. The van der Waals surface area contributed by atoms with Gasteiger partial charge in [-0.2, -0.15) is 4.98 Å². The van der Waals surface area contributed by atoms with Crippen LogP contribution in [0.2, 0.25) is 0 Å². The summed E-state index contributed by atoms with van der Waals surface area (Å²) in [6, 6.07) is 8.01. The smallest absolute Gasteiger partial charge is 0.278 e. The van der Waals surface area contributed by atoms with Crippen LogP contribution >= 0.6 is 15.9 Å². The lowest BCUT2D eigenvalue weighted by Gasteiger charge is -2.13. The van der Waals surface area contributed by atoms with Gasteiger partial charge in [-0.05, 0) is 29.7 Å². The molecule has 0 unspecified atom stereocenters. The molecule has 7 heteroatoms. The minimum atomic E-state index is -0.532. The van der Waals surface area contributed by atoms with E-state index in [0.29, 0.717) is 5.75 Å². The maximum atomic E-state index is 10.8. The van der Waals surface area contributed by atoms with Crippen molar-refractivity contribution in [1.29, 1.82) is 0 Å². The topological polar surface area (TPSA) is 91.3 Å². The zero-order chi connectivity index (χ0) is 15.6. The quantitative estimate of drug-likeness (QED) is 0.656. The Morgan fingerprint density at radius 1 is 1.33 bits per heavy atom. The highest BCUT2D eigenvalue weighted by Gasteiger charge is 2.14. The largest absolute Gasteiger partial charge is 0.438 e. The Morgan fingerprint density at radius 3 is 2.67 bits per heavy atom. The number of hydrogen-bond acceptors (Lipinski definition) is 5. The van der Waals surface area contributed by atoms with Gasteiger partial charge in [-0.1, -0.05) is 29.8 Å². The molecule has 110 valence electrons. The number of halogens is 1. The van der Waals surface area contributed by atoms with E-state index in [1.807, 2.05) is 26.0 Å². The van der Waals surface area contributed by atoms with Crippen LogP contribution in [0.5, 0.6) is 11.6 Å². The van der Waals surface area contributed by atoms with Gasteiger partial charge in [0.25, 0.3) is 5.69 Å². The fourth-order valence-electron chi connectivity index (χ4n) is 1.85. The zero-order valence-corrected chi connectivity index (χ0v) is 13.1. The van der Waals surface area contributed by atoms with E-state index in [9.17, 15) is 10.1 Å². The van der Waals surface area contributed by atoms with E-state index in [2.05, 4.69) is 20.9 Å². The number of nitrogen functional groups attached to an aromatic ring is 1. The first-order valence-corrected chi connectivity index (χ1v) is 7.05. The summed E-state index contributed by atoms with van der Waals surface area (Å²) in [5.74, 6) is 0.975. The highest BCUT2D eigenvalue weighted by molar-refractivity contribution is 9.10. The van der Waals surface area contributed by atoms with Crippen LogP contribution in [0.25, 0.3) is 0 Å². The van der Waals surface area contributed by atoms with Crippen LogP contribution in [-0.4, -0.2) is 9.91 Å². The number of nitrogens with two attached hydrogens (primary N) is 1. The monoisotopic (exact) mass is 351 g/mol. The molecule has 0 radical (unpaired) electrons. The highest BCUT2D eigenvalue weighted by atomic mass is 79.9. The summed E-state index contributed by atoms with van der Waals surface area (Å²) in [4.78, 5) is 14.3. The van der Waals surface area contributed by atoms with Gasteiger partial charge in [0.05, 0.1) is 17.1 Å². The van der Waals surface area contributed by atoms with Crippen LogP contribution in [-0.2, 0) is 0 Å². The Bertz CT molecular complexity index is 689. The van der Waals surface area contributed by atoms with E-state index in [4.69, 9.17) is 10.5 Å². The van der Waals surface area contributed by atoms with E-state index >= 15 is 0 Å². The van der Waals surface area contributed by atoms with Crippen molar-refractivity contribution in [3.05, 3.63) is 50.5 Å². The normalized spacial score (nSPS) is 10.7. The zero-order valence-electron chi connectivity index (χ0n) is 11.5. The molecular formula is C14H14BrN3O3. The molecule has 0 spiro atoms. The summed E-state index contributed by atoms with van der Waals surface area (Å²) in [6.07, 6.45) is 0. The Hall–Kier alpha value is -2.15. The molecule has 0 aliphatic heterocycles. The molecule has 6 nitrogen and oxygen atoms in total. The molecule has 0 amide bonds. The van der Waals surface area contributed by atoms with E-state index in [0.717, 1.165) is 10.0 Å². The number of hydrogen-bond donors (Lipinski definition) is 1. The van der Waals surface area contributed by atoms with Crippen molar-refractivity contribution in [2.24, 2.45) is 0 Å². The van der Waals surface area contributed by atoms with Gasteiger partial charge in [0, 0.05) is 4.47 Å². The molecule has 1 aromatic carbocycles. The van der Waals surface area contributed by atoms with Crippen molar-refractivity contribution in [2.45, 2.75) is 19.8 Å². The van der Waals surface area contributed by atoms with Gasteiger partial charge in [-0.15, -0.1) is 0 Å². The molecule has 0 saturated carbocycles. The SMILES string of the molecule is CC(C)c1cc(Br)ccc1Oc1cc([N+](=O)[O-])cc(N)n1. The average molecular weight is 352 g/mol. The maximum Gasteiger partial charge on any atom is 0.278 e. The number of ether oxygens (including phenoxy) is 1. The summed E-state index contributed by atoms with van der Waals surface area (Å²) in [7, 11) is 0. The van der Waals surface area contributed by atoms with Gasteiger partial charge < -0.3 is 10.5 Å². The first kappa shape index (κ1) is 15.2. The van der Waals surface area contributed by atoms with Crippen molar-refractivity contribution >= 4 is 27.4 Å². The number of aromatic nitrogens is 1. The second-order valence-corrected chi connectivity index (χ2v) is 5.70. The summed E-state index contributed by atoms with van der Waals surface area (Å²) in [5.41, 5.74) is 6.39. The van der Waals surface area contributed by atoms with Crippen molar-refractivity contribution in [3.8, 4) is 11.6 Å². The lowest BCUT2D eigenvalue weighted by atomic mass is 10.0. The molecule has 2 aromatic rings. The minimum absolute atomic E-state index is 0.0439. The molecule has 1 aromatic heterocycles. The molecule has 21 heavy (non-hydrogen) atoms. The molecule has 1 heterocycles. The molecular weight excluding hydrogens is 338 g/mol. The number of benzene rings is 1. The fraction of sp³-hybridized carbons (Fsp3) is 0.214. The Morgan fingerprint density at radius 2 is 2.05 bits per heavy atom. The van der Waals surface area contributed by atoms with E-state index in [-0.39, 0.29) is 23.3 Å². The van der Waals surface area contributed by atoms with E-state index in [1.54, 1.807) is 6.07 Å². The van der Waals surface area contributed by atoms with Crippen molar-refractivity contribution in [1.82, 2.24) is 4.98 Å². The number of pyridine rings is 1. The number of nitro groups is 1. The number of rotatable bonds is 4. The summed E-state index contributed by atoms with van der Waals surface area (Å²) >= 11 is 3.41. The molecule has 0 aliphatic carbocycles. The van der Waals surface area contributed by atoms with Gasteiger partial charge in [0.1, 0.15) is 11.6 Å². The fourth-order valence-corrected chi connectivity index (χ4v) is 2.22. The predicted octanol–water partition coefficient (Wildman–Crippen LogP) is 4.25. The lowest BCUT2D eigenvalue weighted by molar-refractivity contribution is -0.384. The molecule has 0 bridgehead atoms. The molecule has 0 aliphatic rings. The van der Waals surface area contributed by atoms with E-state index in [1.165, 1.54) is 12.1 Å². The molecule has 2 N–H and O–H groups in total. The third-order valence-corrected chi connectivity index (χ3v) is 3.32. The number of anilines is 1. The van der Waals surface area contributed by atoms with Gasteiger partial charge in [-0.25, -0.2) is 0 Å². The third kappa shape index (κ3) is 3.69. The summed E-state index contributed by atoms with van der Waals surface area (Å²) in [6.45, 7) is 4.06. The highest BCUT2D eigenvalue weighted by Crippen LogP contribution is 2.33. The standard InChI is InChI=1S/C14H14BrN3O3/c1-8(2)11-5-9(15)3-4-12(11)21-14-7-10(18(19)20)6-13(16)17-14/h3-8H,1-2H3,(H2,16,17). The van der Waals surface area contributed by atoms with Gasteiger partial charge >= 0.3 is 0 Å². The van der Waals surface area contributed by atoms with E-state index < -0.39 is 4.92 Å². The van der Waals surface area contributed by atoms with Crippen LogP contribution in [0.4, 0.5) is 11.5 Å². The number of nitrogens with zero attached hydrogens (tertiary/aromatic N) is 2. The second kappa shape index (κ2) is 6.09. The molecule has 0 fully saturated rings. The molecule has 0 atom stereocenters. The van der Waals surface area contributed by atoms with Crippen LogP contribution in [0.3, 0.4) is 0 Å². The molecule has 2 rings (SSSR count). The van der Waals surface area contributed by atoms with Crippen LogP contribution in [0.1, 0.15) is 25.3 Å². The van der Waals surface area contributed by atoms with Crippen molar-refractivity contribution in [3.63, 3.8) is 0 Å². The Labute approximate surface area is 130 Å². The lowest BCUT2D eigenvalue weighted by Crippen LogP contribution is -1.99. The van der Waals surface area contributed by atoms with Gasteiger partial charge in [-0.3, -0.25) is 10.1 Å².